The number of carbonyl (C=O) groups is 1. The van der Waals surface area contributed by atoms with Crippen molar-refractivity contribution >= 4 is 18.3 Å². The smallest absolute Gasteiger partial charge is 0.236 e. The molecule has 2 aliphatic carbocycles. The third-order valence-electron chi connectivity index (χ3n) is 4.67. The molecule has 0 aromatic carbocycles. The summed E-state index contributed by atoms with van der Waals surface area (Å²) in [6, 6.07) is -0.148. The second kappa shape index (κ2) is 6.91. The van der Waals surface area contributed by atoms with Crippen LogP contribution in [0.3, 0.4) is 0 Å². The Morgan fingerprint density at radius 2 is 2.05 bits per heavy atom. The zero-order valence-corrected chi connectivity index (χ0v) is 12.8. The minimum atomic E-state index is -0.420. The largest absolute Gasteiger partial charge is 0.378 e. The Kier molecular flexibility index (Phi) is 6.09. The topological polar surface area (TPSA) is 64.3 Å². The average Bonchev–Trinajstić information content (AvgIpc) is 2.38. The quantitative estimate of drug-likeness (QED) is 0.832. The predicted octanol–water partition coefficient (Wildman–Crippen LogP) is 2.00. The Labute approximate surface area is 122 Å². The molecule has 2 fully saturated rings. The summed E-state index contributed by atoms with van der Waals surface area (Å²) in [5.41, 5.74) is 5.82. The van der Waals surface area contributed by atoms with E-state index in [1.54, 1.807) is 6.92 Å². The van der Waals surface area contributed by atoms with Crippen molar-refractivity contribution in [1.82, 2.24) is 5.32 Å². The van der Waals surface area contributed by atoms with Crippen LogP contribution in [0.15, 0.2) is 0 Å². The summed E-state index contributed by atoms with van der Waals surface area (Å²) >= 11 is 0. The van der Waals surface area contributed by atoms with Crippen molar-refractivity contribution in [1.29, 1.82) is 0 Å². The van der Waals surface area contributed by atoms with Gasteiger partial charge in [0, 0.05) is 18.1 Å². The van der Waals surface area contributed by atoms with Gasteiger partial charge in [-0.2, -0.15) is 0 Å². The molecule has 0 radical (unpaired) electrons. The summed E-state index contributed by atoms with van der Waals surface area (Å²) in [6.07, 6.45) is 7.48. The maximum Gasteiger partial charge on any atom is 0.236 e. The minimum absolute atomic E-state index is 0. The first-order valence-corrected chi connectivity index (χ1v) is 7.27. The Balaban J connectivity index is 0.00000180. The van der Waals surface area contributed by atoms with Crippen LogP contribution in [-0.2, 0) is 9.53 Å². The monoisotopic (exact) mass is 290 g/mol. The number of amides is 1. The van der Waals surface area contributed by atoms with E-state index in [9.17, 15) is 4.79 Å². The Hall–Kier alpha value is -0.320. The zero-order valence-electron chi connectivity index (χ0n) is 12.0. The van der Waals surface area contributed by atoms with Crippen molar-refractivity contribution < 1.29 is 9.53 Å². The highest BCUT2D eigenvalue weighted by Crippen LogP contribution is 2.53. The van der Waals surface area contributed by atoms with Gasteiger partial charge in [0.05, 0.1) is 12.1 Å². The molecule has 2 aliphatic rings. The Morgan fingerprint density at radius 1 is 1.42 bits per heavy atom. The van der Waals surface area contributed by atoms with Crippen LogP contribution in [-0.4, -0.2) is 30.7 Å². The van der Waals surface area contributed by atoms with Gasteiger partial charge in [-0.1, -0.05) is 19.3 Å². The number of halogens is 1. The van der Waals surface area contributed by atoms with Crippen molar-refractivity contribution in [3.05, 3.63) is 0 Å². The van der Waals surface area contributed by atoms with Crippen LogP contribution in [0.25, 0.3) is 0 Å². The second-order valence-electron chi connectivity index (χ2n) is 5.82. The molecular formula is C14H27ClN2O2. The van der Waals surface area contributed by atoms with Gasteiger partial charge in [-0.3, -0.25) is 4.79 Å². The normalized spacial score (nSPS) is 30.1. The lowest BCUT2D eigenvalue weighted by molar-refractivity contribution is -0.157. The van der Waals surface area contributed by atoms with Gasteiger partial charge in [0.15, 0.2) is 0 Å². The van der Waals surface area contributed by atoms with Crippen LogP contribution in [0.5, 0.6) is 0 Å². The van der Waals surface area contributed by atoms with Gasteiger partial charge in [0.1, 0.15) is 0 Å². The van der Waals surface area contributed by atoms with Gasteiger partial charge < -0.3 is 15.8 Å². The number of ether oxygens (including phenoxy) is 1. The van der Waals surface area contributed by atoms with Crippen molar-refractivity contribution in [2.75, 3.05) is 6.61 Å². The molecule has 3 N–H and O–H groups in total. The van der Waals surface area contributed by atoms with E-state index in [1.807, 2.05) is 6.92 Å². The predicted molar refractivity (Wildman–Crippen MR) is 78.4 cm³/mol. The van der Waals surface area contributed by atoms with Gasteiger partial charge in [-0.25, -0.2) is 0 Å². The van der Waals surface area contributed by atoms with Gasteiger partial charge in [-0.05, 0) is 33.1 Å². The fourth-order valence-corrected chi connectivity index (χ4v) is 3.57. The van der Waals surface area contributed by atoms with Crippen LogP contribution in [0.4, 0.5) is 0 Å². The lowest BCUT2D eigenvalue weighted by atomic mass is 9.55. The first kappa shape index (κ1) is 16.7. The summed E-state index contributed by atoms with van der Waals surface area (Å²) in [5, 5.41) is 3.12. The van der Waals surface area contributed by atoms with E-state index in [2.05, 4.69) is 5.32 Å². The number of nitrogens with one attached hydrogen (secondary N) is 1. The van der Waals surface area contributed by atoms with Crippen molar-refractivity contribution in [2.24, 2.45) is 11.1 Å². The number of hydrogen-bond donors (Lipinski definition) is 2. The van der Waals surface area contributed by atoms with Crippen LogP contribution < -0.4 is 11.1 Å². The molecule has 0 saturated heterocycles. The Morgan fingerprint density at radius 3 is 2.58 bits per heavy atom. The molecule has 2 rings (SSSR count). The maximum absolute atomic E-state index is 11.8. The third-order valence-corrected chi connectivity index (χ3v) is 4.67. The number of rotatable bonds is 4. The van der Waals surface area contributed by atoms with E-state index < -0.39 is 6.04 Å². The third kappa shape index (κ3) is 3.23. The van der Waals surface area contributed by atoms with Crippen molar-refractivity contribution in [2.45, 2.75) is 70.6 Å². The van der Waals surface area contributed by atoms with Crippen LogP contribution in [0.2, 0.25) is 0 Å². The van der Waals surface area contributed by atoms with E-state index in [-0.39, 0.29) is 29.8 Å². The first-order chi connectivity index (χ1) is 8.60. The van der Waals surface area contributed by atoms with Gasteiger partial charge in [0.25, 0.3) is 0 Å². The van der Waals surface area contributed by atoms with Crippen LogP contribution >= 0.6 is 12.4 Å². The standard InChI is InChI=1S/C14H26N2O2.ClH/c1-3-18-12-9-11(16-13(17)10(2)15)14(12)7-5-4-6-8-14;/h10-12H,3-9,15H2,1-2H3,(H,16,17);1H/t10-,11?,12?;/m0./s1. The molecule has 1 spiro atoms. The average molecular weight is 291 g/mol. The molecule has 112 valence electrons. The zero-order chi connectivity index (χ0) is 13.2. The lowest BCUT2D eigenvalue weighted by Crippen LogP contribution is -2.66. The first-order valence-electron chi connectivity index (χ1n) is 7.27. The molecule has 4 nitrogen and oxygen atoms in total. The van der Waals surface area contributed by atoms with E-state index in [1.165, 1.54) is 32.1 Å². The molecule has 2 saturated carbocycles. The van der Waals surface area contributed by atoms with Crippen LogP contribution in [0.1, 0.15) is 52.4 Å². The highest BCUT2D eigenvalue weighted by molar-refractivity contribution is 5.85. The number of hydrogen-bond acceptors (Lipinski definition) is 3. The number of nitrogens with two attached hydrogens (primary N) is 1. The van der Waals surface area contributed by atoms with Gasteiger partial charge in [-0.15, -0.1) is 12.4 Å². The van der Waals surface area contributed by atoms with Crippen LogP contribution in [0, 0.1) is 5.41 Å². The summed E-state index contributed by atoms with van der Waals surface area (Å²) in [4.78, 5) is 11.8. The molecule has 0 aromatic heterocycles. The summed E-state index contributed by atoms with van der Waals surface area (Å²) in [5.74, 6) is -0.0279. The van der Waals surface area contributed by atoms with E-state index in [4.69, 9.17) is 10.5 Å². The van der Waals surface area contributed by atoms with Gasteiger partial charge in [0.2, 0.25) is 5.91 Å². The molecule has 1 amide bonds. The lowest BCUT2D eigenvalue weighted by Gasteiger charge is -2.57. The van der Waals surface area contributed by atoms with Gasteiger partial charge >= 0.3 is 0 Å². The molecule has 5 heteroatoms. The summed E-state index contributed by atoms with van der Waals surface area (Å²) in [7, 11) is 0. The van der Waals surface area contributed by atoms with E-state index in [0.29, 0.717) is 6.10 Å². The summed E-state index contributed by atoms with van der Waals surface area (Å²) < 4.78 is 5.86. The van der Waals surface area contributed by atoms with Crippen molar-refractivity contribution in [3.8, 4) is 0 Å². The molecule has 0 bridgehead atoms. The highest BCUT2D eigenvalue weighted by Gasteiger charge is 2.56. The SMILES string of the molecule is CCOC1CC(NC(=O)[C@H](C)N)C12CCCCC2.Cl. The number of carbonyl (C=O) groups excluding carboxylic acids is 1. The molecule has 0 aliphatic heterocycles. The fraction of sp³-hybridized carbons (Fsp3) is 0.929. The minimum Gasteiger partial charge on any atom is -0.378 e. The fourth-order valence-electron chi connectivity index (χ4n) is 3.57. The van der Waals surface area contributed by atoms with Crippen molar-refractivity contribution in [3.63, 3.8) is 0 Å². The molecule has 3 atom stereocenters. The summed E-state index contributed by atoms with van der Waals surface area (Å²) in [6.45, 7) is 4.55. The van der Waals surface area contributed by atoms with E-state index >= 15 is 0 Å². The Bertz CT molecular complexity index is 304. The molecule has 0 heterocycles. The molecule has 2 unspecified atom stereocenters. The highest BCUT2D eigenvalue weighted by atomic mass is 35.5. The van der Waals surface area contributed by atoms with E-state index in [0.717, 1.165) is 13.0 Å². The maximum atomic E-state index is 11.8. The second-order valence-corrected chi connectivity index (χ2v) is 5.82. The molecular weight excluding hydrogens is 264 g/mol. The molecule has 19 heavy (non-hydrogen) atoms. The molecule has 0 aromatic rings.